The lowest BCUT2D eigenvalue weighted by Gasteiger charge is -2.28. The average molecular weight is 216 g/mol. The molecule has 1 aromatic rings. The third-order valence-corrected chi connectivity index (χ3v) is 3.41. The molecule has 0 spiro atoms. The van der Waals surface area contributed by atoms with E-state index in [-0.39, 0.29) is 18.9 Å². The molecule has 82 valence electrons. The summed E-state index contributed by atoms with van der Waals surface area (Å²) in [5.41, 5.74) is 3.00. The number of hydrogen-bond acceptors (Lipinski definition) is 1. The molecule has 0 radical (unpaired) electrons. The van der Waals surface area contributed by atoms with Crippen LogP contribution in [-0.4, -0.2) is 11.2 Å². The van der Waals surface area contributed by atoms with Gasteiger partial charge in [-0.15, -0.1) is 0 Å². The second kappa shape index (κ2) is 2.78. The SMILES string of the molecule is FC(F)(F)C1Cc2[nH]cc3c2C(C1)NC3. The van der Waals surface area contributed by atoms with Gasteiger partial charge < -0.3 is 10.3 Å². The summed E-state index contributed by atoms with van der Waals surface area (Å²) in [5.74, 6) is -1.20. The monoisotopic (exact) mass is 216 g/mol. The van der Waals surface area contributed by atoms with E-state index in [1.54, 1.807) is 0 Å². The minimum atomic E-state index is -4.08. The number of halogens is 3. The van der Waals surface area contributed by atoms with Crippen molar-refractivity contribution in [3.63, 3.8) is 0 Å². The van der Waals surface area contributed by atoms with Crippen molar-refractivity contribution in [2.45, 2.75) is 31.6 Å². The fraction of sp³-hybridized carbons (Fsp3) is 0.600. The number of aromatic amines is 1. The van der Waals surface area contributed by atoms with Crippen LogP contribution >= 0.6 is 0 Å². The highest BCUT2D eigenvalue weighted by Crippen LogP contribution is 2.44. The molecule has 5 heteroatoms. The summed E-state index contributed by atoms with van der Waals surface area (Å²) in [6.07, 6.45) is -1.96. The molecular weight excluding hydrogens is 205 g/mol. The van der Waals surface area contributed by atoms with E-state index in [2.05, 4.69) is 10.3 Å². The van der Waals surface area contributed by atoms with E-state index in [0.717, 1.165) is 16.8 Å². The van der Waals surface area contributed by atoms with E-state index in [0.29, 0.717) is 6.54 Å². The average Bonchev–Trinajstić information content (AvgIpc) is 2.72. The molecule has 2 aliphatic rings. The Kier molecular flexibility index (Phi) is 1.72. The zero-order valence-electron chi connectivity index (χ0n) is 7.99. The minimum absolute atomic E-state index is 0.0957. The van der Waals surface area contributed by atoms with Crippen molar-refractivity contribution in [3.8, 4) is 0 Å². The summed E-state index contributed by atoms with van der Waals surface area (Å²) >= 11 is 0. The van der Waals surface area contributed by atoms with Crippen LogP contribution in [0.5, 0.6) is 0 Å². The van der Waals surface area contributed by atoms with Crippen molar-refractivity contribution in [2.24, 2.45) is 5.92 Å². The topological polar surface area (TPSA) is 27.8 Å². The number of rotatable bonds is 0. The van der Waals surface area contributed by atoms with E-state index in [4.69, 9.17) is 0 Å². The Bertz CT molecular complexity index is 394. The minimum Gasteiger partial charge on any atom is -0.364 e. The highest BCUT2D eigenvalue weighted by molar-refractivity contribution is 5.39. The molecular formula is C10H11F3N2. The van der Waals surface area contributed by atoms with Crippen molar-refractivity contribution < 1.29 is 13.2 Å². The molecule has 0 saturated heterocycles. The summed E-state index contributed by atoms with van der Waals surface area (Å²) < 4.78 is 37.9. The van der Waals surface area contributed by atoms with Crippen molar-refractivity contribution in [1.82, 2.24) is 10.3 Å². The summed E-state index contributed by atoms with van der Waals surface area (Å²) in [5, 5.41) is 3.13. The first-order valence-corrected chi connectivity index (χ1v) is 5.05. The number of hydrogen-bond donors (Lipinski definition) is 2. The van der Waals surface area contributed by atoms with Crippen LogP contribution < -0.4 is 5.32 Å². The highest BCUT2D eigenvalue weighted by Gasteiger charge is 2.46. The first-order valence-electron chi connectivity index (χ1n) is 5.05. The number of aromatic nitrogens is 1. The lowest BCUT2D eigenvalue weighted by molar-refractivity contribution is -0.179. The normalized spacial score (nSPS) is 29.3. The van der Waals surface area contributed by atoms with Crippen molar-refractivity contribution in [2.75, 3.05) is 0 Å². The van der Waals surface area contributed by atoms with Gasteiger partial charge in [0.25, 0.3) is 0 Å². The van der Waals surface area contributed by atoms with E-state index in [9.17, 15) is 13.2 Å². The zero-order valence-corrected chi connectivity index (χ0v) is 7.99. The fourth-order valence-corrected chi connectivity index (χ4v) is 2.67. The molecule has 2 nitrogen and oxygen atoms in total. The lowest BCUT2D eigenvalue weighted by atomic mass is 9.84. The van der Waals surface area contributed by atoms with Crippen molar-refractivity contribution in [3.05, 3.63) is 23.0 Å². The molecule has 1 aromatic heterocycles. The predicted octanol–water partition coefficient (Wildman–Crippen LogP) is 2.28. The third kappa shape index (κ3) is 1.29. The second-order valence-corrected chi connectivity index (χ2v) is 4.32. The van der Waals surface area contributed by atoms with E-state index >= 15 is 0 Å². The van der Waals surface area contributed by atoms with Gasteiger partial charge in [0.15, 0.2) is 0 Å². The Morgan fingerprint density at radius 1 is 1.33 bits per heavy atom. The van der Waals surface area contributed by atoms with Gasteiger partial charge in [-0.1, -0.05) is 0 Å². The van der Waals surface area contributed by atoms with Crippen LogP contribution in [0.1, 0.15) is 29.3 Å². The second-order valence-electron chi connectivity index (χ2n) is 4.32. The van der Waals surface area contributed by atoms with Crippen molar-refractivity contribution in [1.29, 1.82) is 0 Å². The zero-order chi connectivity index (χ0) is 10.6. The Hall–Kier alpha value is -0.970. The molecule has 1 aliphatic carbocycles. The summed E-state index contributed by atoms with van der Waals surface area (Å²) in [4.78, 5) is 2.97. The molecule has 1 aliphatic heterocycles. The molecule has 3 rings (SSSR count). The number of H-pyrrole nitrogens is 1. The summed E-state index contributed by atoms with van der Waals surface area (Å²) in [7, 11) is 0. The highest BCUT2D eigenvalue weighted by atomic mass is 19.4. The van der Waals surface area contributed by atoms with Gasteiger partial charge in [-0.2, -0.15) is 13.2 Å². The summed E-state index contributed by atoms with van der Waals surface area (Å²) in [6, 6.07) is -0.0957. The van der Waals surface area contributed by atoms with Gasteiger partial charge in [-0.05, 0) is 24.0 Å². The van der Waals surface area contributed by atoms with E-state index < -0.39 is 12.1 Å². The quantitative estimate of drug-likeness (QED) is 0.684. The lowest BCUT2D eigenvalue weighted by Crippen LogP contribution is -2.33. The maximum Gasteiger partial charge on any atom is 0.392 e. The molecule has 2 heterocycles. The Morgan fingerprint density at radius 3 is 2.87 bits per heavy atom. The van der Waals surface area contributed by atoms with E-state index in [1.807, 2.05) is 6.20 Å². The van der Waals surface area contributed by atoms with Gasteiger partial charge >= 0.3 is 6.18 Å². The van der Waals surface area contributed by atoms with Crippen molar-refractivity contribution >= 4 is 0 Å². The van der Waals surface area contributed by atoms with Gasteiger partial charge in [-0.25, -0.2) is 0 Å². The molecule has 2 atom stereocenters. The number of nitrogens with one attached hydrogen (secondary N) is 2. The van der Waals surface area contributed by atoms with Crippen LogP contribution in [0.25, 0.3) is 0 Å². The van der Waals surface area contributed by atoms with Gasteiger partial charge in [-0.3, -0.25) is 0 Å². The van der Waals surface area contributed by atoms with Crippen LogP contribution in [0.15, 0.2) is 6.20 Å². The van der Waals surface area contributed by atoms with Gasteiger partial charge in [0, 0.05) is 24.5 Å². The molecule has 15 heavy (non-hydrogen) atoms. The Labute approximate surface area is 84.9 Å². The molecule has 0 bridgehead atoms. The predicted molar refractivity (Wildman–Crippen MR) is 48.2 cm³/mol. The molecule has 2 unspecified atom stereocenters. The maximum absolute atomic E-state index is 12.6. The number of alkyl halides is 3. The van der Waals surface area contributed by atoms with Gasteiger partial charge in [0.05, 0.1) is 5.92 Å². The van der Waals surface area contributed by atoms with E-state index in [1.165, 1.54) is 0 Å². The molecule has 0 saturated carbocycles. The first-order chi connectivity index (χ1) is 7.05. The molecule has 0 amide bonds. The maximum atomic E-state index is 12.6. The standard InChI is InChI=1S/C10H11F3N2/c11-10(12,13)6-1-7-9-5(3-14-7)4-15-8(9)2-6/h3,6,8,14-15H,1-2,4H2. The molecule has 0 aromatic carbocycles. The van der Waals surface area contributed by atoms with Crippen LogP contribution in [0, 0.1) is 5.92 Å². The van der Waals surface area contributed by atoms with Gasteiger partial charge in [0.1, 0.15) is 0 Å². The Morgan fingerprint density at radius 2 is 2.13 bits per heavy atom. The van der Waals surface area contributed by atoms with Gasteiger partial charge in [0.2, 0.25) is 0 Å². The van der Waals surface area contributed by atoms with Crippen LogP contribution in [0.4, 0.5) is 13.2 Å². The smallest absolute Gasteiger partial charge is 0.364 e. The third-order valence-electron chi connectivity index (χ3n) is 3.41. The fourth-order valence-electron chi connectivity index (χ4n) is 2.67. The molecule has 0 fully saturated rings. The largest absolute Gasteiger partial charge is 0.392 e. The summed E-state index contributed by atoms with van der Waals surface area (Å²) in [6.45, 7) is 0.696. The van der Waals surface area contributed by atoms with Crippen LogP contribution in [0.2, 0.25) is 0 Å². The first kappa shape index (κ1) is 9.27. The van der Waals surface area contributed by atoms with Crippen LogP contribution in [-0.2, 0) is 13.0 Å². The molecule has 2 N–H and O–H groups in total. The Balaban J connectivity index is 1.97. The van der Waals surface area contributed by atoms with Crippen LogP contribution in [0.3, 0.4) is 0 Å².